The summed E-state index contributed by atoms with van der Waals surface area (Å²) in [6.07, 6.45) is 1.69. The molecule has 1 aromatic rings. The van der Waals surface area contributed by atoms with Gasteiger partial charge in [0.25, 0.3) is 0 Å². The van der Waals surface area contributed by atoms with Gasteiger partial charge in [-0.25, -0.2) is 4.98 Å². The Morgan fingerprint density at radius 3 is 2.65 bits per heavy atom. The molecule has 0 unspecified atom stereocenters. The van der Waals surface area contributed by atoms with Crippen molar-refractivity contribution in [3.63, 3.8) is 0 Å². The van der Waals surface area contributed by atoms with Crippen LogP contribution in [0.5, 0.6) is 0 Å². The molecule has 0 fully saturated rings. The molecule has 17 heavy (non-hydrogen) atoms. The van der Waals surface area contributed by atoms with Crippen LogP contribution in [-0.4, -0.2) is 34.1 Å². The fraction of sp³-hybridized carbons (Fsp3) is 0.583. The molecule has 0 aliphatic carbocycles. The summed E-state index contributed by atoms with van der Waals surface area (Å²) in [5.74, 6) is 0.186. The van der Waals surface area contributed by atoms with Crippen molar-refractivity contribution in [2.75, 3.05) is 18.0 Å². The van der Waals surface area contributed by atoms with Gasteiger partial charge >= 0.3 is 5.97 Å². The largest absolute Gasteiger partial charge is 0.480 e. The van der Waals surface area contributed by atoms with Crippen LogP contribution in [0.3, 0.4) is 0 Å². The number of aliphatic carboxylic acids is 1. The fourth-order valence-corrected chi connectivity index (χ4v) is 1.65. The normalized spacial score (nSPS) is 10.6. The molecule has 0 aliphatic rings. The minimum atomic E-state index is -0.853. The van der Waals surface area contributed by atoms with Crippen LogP contribution in [0.15, 0.2) is 6.20 Å². The summed E-state index contributed by atoms with van der Waals surface area (Å²) < 4.78 is 0. The van der Waals surface area contributed by atoms with E-state index in [-0.39, 0.29) is 6.54 Å². The lowest BCUT2D eigenvalue weighted by Crippen LogP contribution is -2.34. The van der Waals surface area contributed by atoms with Crippen molar-refractivity contribution in [3.8, 4) is 0 Å². The highest BCUT2D eigenvalue weighted by Gasteiger charge is 2.16. The SMILES string of the molecule is Cc1cnc(C)c(N(CC(=O)O)CC(C)C)n1. The quantitative estimate of drug-likeness (QED) is 0.843. The van der Waals surface area contributed by atoms with E-state index >= 15 is 0 Å². The zero-order valence-electron chi connectivity index (χ0n) is 10.8. The van der Waals surface area contributed by atoms with Crippen molar-refractivity contribution in [2.45, 2.75) is 27.7 Å². The first-order valence-corrected chi connectivity index (χ1v) is 5.67. The van der Waals surface area contributed by atoms with Crippen molar-refractivity contribution in [1.82, 2.24) is 9.97 Å². The van der Waals surface area contributed by atoms with E-state index in [1.54, 1.807) is 11.1 Å². The van der Waals surface area contributed by atoms with E-state index in [4.69, 9.17) is 5.11 Å². The third-order valence-electron chi connectivity index (χ3n) is 2.26. The Hall–Kier alpha value is -1.65. The average Bonchev–Trinajstić information content (AvgIpc) is 2.19. The standard InChI is InChI=1S/C12H19N3O2/c1-8(2)6-15(7-11(16)17)12-10(4)13-5-9(3)14-12/h5,8H,6-7H2,1-4H3,(H,16,17). The summed E-state index contributed by atoms with van der Waals surface area (Å²) in [5.41, 5.74) is 1.56. The lowest BCUT2D eigenvalue weighted by atomic mass is 10.2. The number of aryl methyl sites for hydroxylation is 2. The highest BCUT2D eigenvalue weighted by molar-refractivity contribution is 5.73. The van der Waals surface area contributed by atoms with Crippen LogP contribution in [0.4, 0.5) is 5.82 Å². The number of aromatic nitrogens is 2. The molecular formula is C12H19N3O2. The molecule has 0 bridgehead atoms. The van der Waals surface area contributed by atoms with Gasteiger partial charge in [0.15, 0.2) is 5.82 Å². The third-order valence-corrected chi connectivity index (χ3v) is 2.26. The van der Waals surface area contributed by atoms with E-state index in [9.17, 15) is 4.79 Å². The number of hydrogen-bond acceptors (Lipinski definition) is 4. The third kappa shape index (κ3) is 4.01. The van der Waals surface area contributed by atoms with E-state index < -0.39 is 5.97 Å². The number of nitrogens with zero attached hydrogens (tertiary/aromatic N) is 3. The molecule has 1 N–H and O–H groups in total. The molecule has 5 heteroatoms. The number of carbonyl (C=O) groups is 1. The van der Waals surface area contributed by atoms with Gasteiger partial charge in [0.05, 0.1) is 11.4 Å². The number of anilines is 1. The maximum absolute atomic E-state index is 10.9. The fourth-order valence-electron chi connectivity index (χ4n) is 1.65. The molecule has 5 nitrogen and oxygen atoms in total. The maximum Gasteiger partial charge on any atom is 0.323 e. The predicted octanol–water partition coefficient (Wildman–Crippen LogP) is 1.64. The van der Waals surface area contributed by atoms with Crippen molar-refractivity contribution in [2.24, 2.45) is 5.92 Å². The molecule has 1 heterocycles. The summed E-state index contributed by atoms with van der Waals surface area (Å²) in [5, 5.41) is 8.93. The van der Waals surface area contributed by atoms with Crippen LogP contribution >= 0.6 is 0 Å². The van der Waals surface area contributed by atoms with Gasteiger partial charge in [-0.1, -0.05) is 13.8 Å². The zero-order chi connectivity index (χ0) is 13.0. The Morgan fingerprint density at radius 2 is 2.12 bits per heavy atom. The first-order valence-electron chi connectivity index (χ1n) is 5.67. The van der Waals surface area contributed by atoms with E-state index in [0.717, 1.165) is 11.4 Å². The van der Waals surface area contributed by atoms with Crippen LogP contribution in [0.25, 0.3) is 0 Å². The summed E-state index contributed by atoms with van der Waals surface area (Å²) >= 11 is 0. The second-order valence-corrected chi connectivity index (χ2v) is 4.59. The molecule has 0 spiro atoms. The van der Waals surface area contributed by atoms with Gasteiger partial charge in [-0.15, -0.1) is 0 Å². The second kappa shape index (κ2) is 5.61. The van der Waals surface area contributed by atoms with Gasteiger partial charge in [-0.3, -0.25) is 9.78 Å². The van der Waals surface area contributed by atoms with Gasteiger partial charge < -0.3 is 10.0 Å². The summed E-state index contributed by atoms with van der Waals surface area (Å²) in [6, 6.07) is 0. The zero-order valence-corrected chi connectivity index (χ0v) is 10.8. The van der Waals surface area contributed by atoms with Gasteiger partial charge in [-0.2, -0.15) is 0 Å². The molecule has 0 atom stereocenters. The summed E-state index contributed by atoms with van der Waals surface area (Å²) in [4.78, 5) is 21.2. The first-order chi connectivity index (χ1) is 7.90. The van der Waals surface area contributed by atoms with Crippen molar-refractivity contribution < 1.29 is 9.90 Å². The van der Waals surface area contributed by atoms with Crippen molar-refractivity contribution in [3.05, 3.63) is 17.6 Å². The van der Waals surface area contributed by atoms with Gasteiger partial charge in [0, 0.05) is 12.7 Å². The average molecular weight is 237 g/mol. The highest BCUT2D eigenvalue weighted by Crippen LogP contribution is 2.16. The molecule has 1 rings (SSSR count). The molecule has 94 valence electrons. The number of carboxylic acid groups (broad SMARTS) is 1. The number of rotatable bonds is 5. The monoisotopic (exact) mass is 237 g/mol. The van der Waals surface area contributed by atoms with Crippen molar-refractivity contribution in [1.29, 1.82) is 0 Å². The van der Waals surface area contributed by atoms with E-state index in [1.165, 1.54) is 0 Å². The molecule has 0 saturated heterocycles. The molecule has 0 saturated carbocycles. The Morgan fingerprint density at radius 1 is 1.47 bits per heavy atom. The molecular weight excluding hydrogens is 218 g/mol. The molecule has 0 radical (unpaired) electrons. The first kappa shape index (κ1) is 13.4. The van der Waals surface area contributed by atoms with E-state index in [2.05, 4.69) is 9.97 Å². The van der Waals surface area contributed by atoms with Gasteiger partial charge in [0.2, 0.25) is 0 Å². The van der Waals surface area contributed by atoms with Crippen LogP contribution in [0.2, 0.25) is 0 Å². The van der Waals surface area contributed by atoms with Crippen LogP contribution in [-0.2, 0) is 4.79 Å². The predicted molar refractivity (Wildman–Crippen MR) is 66.2 cm³/mol. The van der Waals surface area contributed by atoms with Crippen molar-refractivity contribution >= 4 is 11.8 Å². The van der Waals surface area contributed by atoms with E-state index in [1.807, 2.05) is 27.7 Å². The minimum absolute atomic E-state index is 0.0445. The molecule has 0 amide bonds. The topological polar surface area (TPSA) is 66.3 Å². The minimum Gasteiger partial charge on any atom is -0.480 e. The Balaban J connectivity index is 3.02. The Labute approximate surface area is 102 Å². The van der Waals surface area contributed by atoms with E-state index in [0.29, 0.717) is 18.3 Å². The van der Waals surface area contributed by atoms with Crippen LogP contribution in [0, 0.1) is 19.8 Å². The highest BCUT2D eigenvalue weighted by atomic mass is 16.4. The molecule has 0 aromatic carbocycles. The molecule has 0 aliphatic heterocycles. The smallest absolute Gasteiger partial charge is 0.323 e. The summed E-state index contributed by atoms with van der Waals surface area (Å²) in [7, 11) is 0. The lowest BCUT2D eigenvalue weighted by molar-refractivity contribution is -0.135. The number of hydrogen-bond donors (Lipinski definition) is 1. The lowest BCUT2D eigenvalue weighted by Gasteiger charge is -2.24. The molecule has 1 aromatic heterocycles. The second-order valence-electron chi connectivity index (χ2n) is 4.59. The van der Waals surface area contributed by atoms with Gasteiger partial charge in [-0.05, 0) is 19.8 Å². The summed E-state index contributed by atoms with van der Waals surface area (Å²) in [6.45, 7) is 8.41. The maximum atomic E-state index is 10.9. The Kier molecular flexibility index (Phi) is 4.43. The Bertz CT molecular complexity index is 405. The number of carboxylic acids is 1. The van der Waals surface area contributed by atoms with Crippen LogP contribution in [0.1, 0.15) is 25.2 Å². The van der Waals surface area contributed by atoms with Crippen LogP contribution < -0.4 is 4.90 Å². The van der Waals surface area contributed by atoms with Gasteiger partial charge in [0.1, 0.15) is 6.54 Å².